The number of fused-ring (bicyclic) bond motifs is 2. The number of benzene rings is 8. The molecule has 0 spiro atoms. The molecule has 0 saturated carbocycles. The quantitative estimate of drug-likeness (QED) is 0.127. The van der Waals surface area contributed by atoms with Crippen LogP contribution < -0.4 is 0 Å². The van der Waals surface area contributed by atoms with Gasteiger partial charge in [-0.1, -0.05) is 136 Å². The van der Waals surface area contributed by atoms with Gasteiger partial charge in [-0.2, -0.15) is 26.3 Å². The average molecular weight is 867 g/mol. The predicted molar refractivity (Wildman–Crippen MR) is 232 cm³/mol. The summed E-state index contributed by atoms with van der Waals surface area (Å²) in [4.78, 5) is 0. The summed E-state index contributed by atoms with van der Waals surface area (Å²) in [5, 5.41) is 4.53. The van der Waals surface area contributed by atoms with E-state index in [1.54, 1.807) is 48.5 Å². The number of hydrogen-bond acceptors (Lipinski definition) is 0. The lowest BCUT2D eigenvalue weighted by atomic mass is 9.96. The van der Waals surface area contributed by atoms with Crippen molar-refractivity contribution in [3.63, 3.8) is 0 Å². The van der Waals surface area contributed by atoms with Gasteiger partial charge in [0.15, 0.2) is 0 Å². The van der Waals surface area contributed by atoms with Gasteiger partial charge in [0.25, 0.3) is 0 Å². The average Bonchev–Trinajstić information content (AvgIpc) is 3.24. The van der Waals surface area contributed by atoms with Crippen molar-refractivity contribution in [3.05, 3.63) is 191 Å². The zero-order valence-corrected chi connectivity index (χ0v) is 34.2. The smallest absolute Gasteiger partial charge is 0.206 e. The molecule has 0 nitrogen and oxygen atoms in total. The fourth-order valence-electron chi connectivity index (χ4n) is 7.66. The molecule has 0 amide bonds. The maximum Gasteiger partial charge on any atom is 0.422 e. The second kappa shape index (κ2) is 18.5. The van der Waals surface area contributed by atoms with Gasteiger partial charge in [0, 0.05) is 0 Å². The van der Waals surface area contributed by atoms with Crippen molar-refractivity contribution < 1.29 is 43.9 Å². The van der Waals surface area contributed by atoms with E-state index in [-0.39, 0.29) is 11.1 Å². The Labute approximate surface area is 358 Å². The summed E-state index contributed by atoms with van der Waals surface area (Å²) in [7, 11) is 0. The molecular formula is C53H40F10. The minimum Gasteiger partial charge on any atom is -0.206 e. The summed E-state index contributed by atoms with van der Waals surface area (Å²) in [5.41, 5.74) is 3.60. The predicted octanol–water partition coefficient (Wildman–Crippen LogP) is 17.2. The van der Waals surface area contributed by atoms with Crippen LogP contribution in [0.3, 0.4) is 0 Å². The minimum absolute atomic E-state index is 0.0523. The standard InChI is InChI=1S/C27H21F5.C26H19F5/c1-2-3-4-17-5-6-22-14-21(12-11-20(22)13-17)18-7-9-19(10-8-18)23-15-24(28)26(25(29)16-23)27(30,31)32;1-2-3-16-4-5-21-13-20(11-10-19(21)12-16)17-6-8-18(9-7-17)22-14-23(27)25(24(28)15-22)26(29,30)31/h5-16H,2-4H2,1H3;4-15H,2-3H2,1H3. The molecule has 0 radical (unpaired) electrons. The summed E-state index contributed by atoms with van der Waals surface area (Å²) in [6, 6.07) is 41.7. The summed E-state index contributed by atoms with van der Waals surface area (Å²) in [6.45, 7) is 4.31. The fourth-order valence-corrected chi connectivity index (χ4v) is 7.66. The van der Waals surface area contributed by atoms with Crippen LogP contribution in [-0.2, 0) is 25.2 Å². The molecule has 0 bridgehead atoms. The van der Waals surface area contributed by atoms with E-state index in [1.165, 1.54) is 11.1 Å². The monoisotopic (exact) mass is 866 g/mol. The van der Waals surface area contributed by atoms with Crippen molar-refractivity contribution >= 4 is 21.5 Å². The van der Waals surface area contributed by atoms with Crippen LogP contribution in [0.2, 0.25) is 0 Å². The Kier molecular flexibility index (Phi) is 13.1. The molecule has 0 unspecified atom stereocenters. The Balaban J connectivity index is 0.000000189. The summed E-state index contributed by atoms with van der Waals surface area (Å²) < 4.78 is 132. The fraction of sp³-hybridized carbons (Fsp3) is 0.170. The highest BCUT2D eigenvalue weighted by Gasteiger charge is 2.39. The van der Waals surface area contributed by atoms with Crippen molar-refractivity contribution in [2.24, 2.45) is 0 Å². The highest BCUT2D eigenvalue weighted by Crippen LogP contribution is 2.38. The van der Waals surface area contributed by atoms with E-state index in [2.05, 4.69) is 74.5 Å². The summed E-state index contributed by atoms with van der Waals surface area (Å²) in [6.07, 6.45) is -4.68. The third-order valence-electron chi connectivity index (χ3n) is 10.9. The van der Waals surface area contributed by atoms with Gasteiger partial charge in [-0.25, -0.2) is 17.6 Å². The van der Waals surface area contributed by atoms with Crippen LogP contribution in [-0.4, -0.2) is 0 Å². The first-order chi connectivity index (χ1) is 30.0. The van der Waals surface area contributed by atoms with Crippen molar-refractivity contribution in [2.45, 2.75) is 58.3 Å². The van der Waals surface area contributed by atoms with Gasteiger partial charge in [-0.05, 0) is 133 Å². The number of alkyl halides is 6. The van der Waals surface area contributed by atoms with Crippen molar-refractivity contribution in [1.29, 1.82) is 0 Å². The first-order valence-electron chi connectivity index (χ1n) is 20.4. The van der Waals surface area contributed by atoms with E-state index in [1.807, 2.05) is 12.1 Å². The maximum absolute atomic E-state index is 13.9. The molecule has 0 aliphatic rings. The summed E-state index contributed by atoms with van der Waals surface area (Å²) in [5.74, 6) is -6.49. The third kappa shape index (κ3) is 10.3. The second-order valence-electron chi connectivity index (χ2n) is 15.4. The molecule has 8 aromatic rings. The molecule has 0 N–H and O–H groups in total. The second-order valence-corrected chi connectivity index (χ2v) is 15.4. The van der Waals surface area contributed by atoms with Gasteiger partial charge in [0.2, 0.25) is 0 Å². The lowest BCUT2D eigenvalue weighted by molar-refractivity contribution is -0.143. The van der Waals surface area contributed by atoms with E-state index in [0.717, 1.165) is 75.9 Å². The molecule has 63 heavy (non-hydrogen) atoms. The Morgan fingerprint density at radius 2 is 0.619 bits per heavy atom. The number of aryl methyl sites for hydroxylation is 2. The molecule has 0 heterocycles. The van der Waals surface area contributed by atoms with Crippen LogP contribution in [0.1, 0.15) is 55.4 Å². The van der Waals surface area contributed by atoms with Crippen LogP contribution in [0.4, 0.5) is 43.9 Å². The van der Waals surface area contributed by atoms with Gasteiger partial charge in [-0.15, -0.1) is 0 Å². The molecule has 322 valence electrons. The first kappa shape index (κ1) is 44.6. The molecule has 0 atom stereocenters. The molecule has 8 rings (SSSR count). The molecule has 0 saturated heterocycles. The lowest BCUT2D eigenvalue weighted by Crippen LogP contribution is -2.11. The maximum atomic E-state index is 13.9. The molecule has 8 aromatic carbocycles. The lowest BCUT2D eigenvalue weighted by Gasteiger charge is -2.12. The van der Waals surface area contributed by atoms with Gasteiger partial charge in [0.1, 0.15) is 34.4 Å². The molecule has 0 aliphatic carbocycles. The SMILES string of the molecule is CCCCc1ccc2cc(-c3ccc(-c4cc(F)c(C(F)(F)F)c(F)c4)cc3)ccc2c1.CCCc1ccc2cc(-c3ccc(-c4cc(F)c(C(F)(F)F)c(F)c4)cc3)ccc2c1. The van der Waals surface area contributed by atoms with Crippen molar-refractivity contribution in [2.75, 3.05) is 0 Å². The van der Waals surface area contributed by atoms with Crippen LogP contribution >= 0.6 is 0 Å². The molecule has 10 heteroatoms. The highest BCUT2D eigenvalue weighted by molar-refractivity contribution is 5.89. The zero-order valence-electron chi connectivity index (χ0n) is 34.2. The normalized spacial score (nSPS) is 11.8. The number of rotatable bonds is 9. The van der Waals surface area contributed by atoms with E-state index in [4.69, 9.17) is 0 Å². The van der Waals surface area contributed by atoms with Crippen LogP contribution in [0.25, 0.3) is 66.1 Å². The van der Waals surface area contributed by atoms with Crippen LogP contribution in [0, 0.1) is 23.3 Å². The number of halogens is 10. The highest BCUT2D eigenvalue weighted by atomic mass is 19.4. The minimum atomic E-state index is -5.08. The third-order valence-corrected chi connectivity index (χ3v) is 10.9. The number of hydrogen-bond donors (Lipinski definition) is 0. The topological polar surface area (TPSA) is 0 Å². The molecule has 0 aromatic heterocycles. The molecule has 0 aliphatic heterocycles. The first-order valence-corrected chi connectivity index (χ1v) is 20.4. The zero-order chi connectivity index (χ0) is 45.1. The summed E-state index contributed by atoms with van der Waals surface area (Å²) >= 11 is 0. The van der Waals surface area contributed by atoms with Gasteiger partial charge in [0.05, 0.1) is 0 Å². The van der Waals surface area contributed by atoms with Crippen molar-refractivity contribution in [1.82, 2.24) is 0 Å². The Morgan fingerprint density at radius 3 is 0.952 bits per heavy atom. The Bertz CT molecular complexity index is 2840. The number of unbranched alkanes of at least 4 members (excludes halogenated alkanes) is 1. The van der Waals surface area contributed by atoms with E-state index < -0.39 is 46.7 Å². The van der Waals surface area contributed by atoms with E-state index >= 15 is 0 Å². The van der Waals surface area contributed by atoms with Crippen molar-refractivity contribution in [3.8, 4) is 44.5 Å². The van der Waals surface area contributed by atoms with E-state index in [9.17, 15) is 43.9 Å². The van der Waals surface area contributed by atoms with E-state index in [0.29, 0.717) is 35.4 Å². The van der Waals surface area contributed by atoms with Gasteiger partial charge in [-0.3, -0.25) is 0 Å². The molecule has 0 fully saturated rings. The van der Waals surface area contributed by atoms with Crippen LogP contribution in [0.15, 0.2) is 146 Å². The molecular weight excluding hydrogens is 827 g/mol. The van der Waals surface area contributed by atoms with Gasteiger partial charge < -0.3 is 0 Å². The largest absolute Gasteiger partial charge is 0.422 e. The Morgan fingerprint density at radius 1 is 0.317 bits per heavy atom. The van der Waals surface area contributed by atoms with Crippen LogP contribution in [0.5, 0.6) is 0 Å². The Hall–Kier alpha value is -6.42. The van der Waals surface area contributed by atoms with Gasteiger partial charge >= 0.3 is 12.4 Å².